The highest BCUT2D eigenvalue weighted by molar-refractivity contribution is 5.87. The highest BCUT2D eigenvalue weighted by Gasteiger charge is 2.43. The van der Waals surface area contributed by atoms with Crippen LogP contribution in [0.1, 0.15) is 33.6 Å². The van der Waals surface area contributed by atoms with Crippen LogP contribution >= 0.6 is 0 Å². The van der Waals surface area contributed by atoms with Gasteiger partial charge in [-0.1, -0.05) is 26.8 Å². The van der Waals surface area contributed by atoms with E-state index >= 15 is 0 Å². The molecule has 3 heteroatoms. The van der Waals surface area contributed by atoms with Crippen LogP contribution in [0.3, 0.4) is 0 Å². The van der Waals surface area contributed by atoms with Crippen molar-refractivity contribution in [2.75, 3.05) is 13.2 Å². The molecule has 0 aromatic rings. The number of rotatable bonds is 5. The minimum atomic E-state index is -0.290. The molecule has 1 fully saturated rings. The van der Waals surface area contributed by atoms with E-state index in [0.29, 0.717) is 18.8 Å². The summed E-state index contributed by atoms with van der Waals surface area (Å²) < 4.78 is 10.6. The molecular weight excluding hydrogens is 192 g/mol. The monoisotopic (exact) mass is 212 g/mol. The number of carbonyl (C=O) groups is 1. The second kappa shape index (κ2) is 4.79. The van der Waals surface area contributed by atoms with Gasteiger partial charge in [-0.3, -0.25) is 0 Å². The zero-order valence-corrected chi connectivity index (χ0v) is 9.84. The van der Waals surface area contributed by atoms with Crippen molar-refractivity contribution in [2.24, 2.45) is 5.41 Å². The van der Waals surface area contributed by atoms with Crippen LogP contribution in [0.15, 0.2) is 12.2 Å². The number of esters is 1. The maximum Gasteiger partial charge on any atom is 0.333 e. The van der Waals surface area contributed by atoms with Gasteiger partial charge in [-0.15, -0.1) is 0 Å². The molecule has 0 radical (unpaired) electrons. The van der Waals surface area contributed by atoms with E-state index in [2.05, 4.69) is 20.4 Å². The summed E-state index contributed by atoms with van der Waals surface area (Å²) in [7, 11) is 0. The van der Waals surface area contributed by atoms with Crippen molar-refractivity contribution in [3.63, 3.8) is 0 Å². The van der Waals surface area contributed by atoms with Crippen molar-refractivity contribution in [1.29, 1.82) is 0 Å². The molecule has 3 nitrogen and oxygen atoms in total. The minimum absolute atomic E-state index is 0.00111. The first-order chi connectivity index (χ1) is 6.99. The summed E-state index contributed by atoms with van der Waals surface area (Å²) in [6.45, 7) is 10.8. The largest absolute Gasteiger partial charge is 0.458 e. The van der Waals surface area contributed by atoms with Gasteiger partial charge in [0, 0.05) is 5.57 Å². The summed E-state index contributed by atoms with van der Waals surface area (Å²) in [6.07, 6.45) is 1.85. The number of ether oxygens (including phenoxy) is 2. The highest BCUT2D eigenvalue weighted by Crippen LogP contribution is 2.35. The Morgan fingerprint density at radius 1 is 1.60 bits per heavy atom. The van der Waals surface area contributed by atoms with Gasteiger partial charge in [0.05, 0.1) is 18.6 Å². The Hall–Kier alpha value is -0.830. The second-order valence-electron chi connectivity index (χ2n) is 4.61. The molecule has 1 rings (SSSR count). The third-order valence-corrected chi connectivity index (χ3v) is 2.79. The number of carbonyl (C=O) groups excluding carboxylic acids is 1. The van der Waals surface area contributed by atoms with Crippen molar-refractivity contribution in [3.8, 4) is 0 Å². The van der Waals surface area contributed by atoms with Crippen LogP contribution in [0, 0.1) is 5.41 Å². The first-order valence-electron chi connectivity index (χ1n) is 5.44. The van der Waals surface area contributed by atoms with Gasteiger partial charge >= 0.3 is 5.97 Å². The van der Waals surface area contributed by atoms with E-state index in [1.165, 1.54) is 0 Å². The summed E-state index contributed by atoms with van der Waals surface area (Å²) in [5, 5.41) is 0. The van der Waals surface area contributed by atoms with Crippen LogP contribution in [-0.4, -0.2) is 25.3 Å². The molecule has 1 aliphatic heterocycles. The zero-order chi connectivity index (χ0) is 11.5. The molecule has 0 amide bonds. The van der Waals surface area contributed by atoms with Crippen molar-refractivity contribution in [3.05, 3.63) is 12.2 Å². The molecule has 1 heterocycles. The van der Waals surface area contributed by atoms with Crippen LogP contribution in [0.5, 0.6) is 0 Å². The summed E-state index contributed by atoms with van der Waals surface area (Å²) in [5.74, 6) is -0.290. The van der Waals surface area contributed by atoms with Crippen LogP contribution in [-0.2, 0) is 14.3 Å². The topological polar surface area (TPSA) is 35.5 Å². The fraction of sp³-hybridized carbons (Fsp3) is 0.750. The third-order valence-electron chi connectivity index (χ3n) is 2.79. The highest BCUT2D eigenvalue weighted by atomic mass is 16.6. The Bertz CT molecular complexity index is 254. The number of hydrogen-bond donors (Lipinski definition) is 0. The van der Waals surface area contributed by atoms with Gasteiger partial charge in [0.15, 0.2) is 0 Å². The van der Waals surface area contributed by atoms with E-state index in [-0.39, 0.29) is 17.5 Å². The van der Waals surface area contributed by atoms with Crippen molar-refractivity contribution in [2.45, 2.75) is 39.7 Å². The third kappa shape index (κ3) is 2.81. The van der Waals surface area contributed by atoms with Crippen LogP contribution in [0.25, 0.3) is 0 Å². The molecule has 0 saturated carbocycles. The molecule has 0 N–H and O–H groups in total. The Balaban J connectivity index is 2.58. The van der Waals surface area contributed by atoms with E-state index in [0.717, 1.165) is 12.8 Å². The molecule has 1 aliphatic rings. The Morgan fingerprint density at radius 3 is 2.53 bits per heavy atom. The second-order valence-corrected chi connectivity index (χ2v) is 4.61. The molecular formula is C12H20O3. The standard InChI is InChI=1S/C12H20O3/c1-5-6-10(12(4)7-14-8-12)15-11(13)9(2)3/h10H,2,5-8H2,1,3-4H3. The first-order valence-corrected chi connectivity index (χ1v) is 5.44. The first kappa shape index (κ1) is 12.2. The molecule has 1 saturated heterocycles. The lowest BCUT2D eigenvalue weighted by molar-refractivity contribution is -0.187. The normalized spacial score (nSPS) is 20.2. The van der Waals surface area contributed by atoms with E-state index in [1.807, 2.05) is 0 Å². The maximum absolute atomic E-state index is 11.5. The fourth-order valence-electron chi connectivity index (χ4n) is 1.65. The maximum atomic E-state index is 11.5. The Labute approximate surface area is 91.4 Å². The molecule has 0 bridgehead atoms. The predicted octanol–water partition coefficient (Wildman–Crippen LogP) is 2.31. The van der Waals surface area contributed by atoms with Gasteiger partial charge in [-0.05, 0) is 13.3 Å². The van der Waals surface area contributed by atoms with E-state index in [1.54, 1.807) is 6.92 Å². The van der Waals surface area contributed by atoms with E-state index < -0.39 is 0 Å². The van der Waals surface area contributed by atoms with Crippen molar-refractivity contribution in [1.82, 2.24) is 0 Å². The van der Waals surface area contributed by atoms with Crippen LogP contribution < -0.4 is 0 Å². The van der Waals surface area contributed by atoms with Gasteiger partial charge in [-0.2, -0.15) is 0 Å². The fourth-order valence-corrected chi connectivity index (χ4v) is 1.65. The number of hydrogen-bond acceptors (Lipinski definition) is 3. The van der Waals surface area contributed by atoms with Gasteiger partial charge < -0.3 is 9.47 Å². The SMILES string of the molecule is C=C(C)C(=O)OC(CCC)C1(C)COC1. The van der Waals surface area contributed by atoms with Gasteiger partial charge in [0.25, 0.3) is 0 Å². The molecule has 0 aromatic heterocycles. The summed E-state index contributed by atoms with van der Waals surface area (Å²) in [6, 6.07) is 0. The molecule has 0 spiro atoms. The quantitative estimate of drug-likeness (QED) is 0.518. The predicted molar refractivity (Wildman–Crippen MR) is 58.5 cm³/mol. The minimum Gasteiger partial charge on any atom is -0.458 e. The average molecular weight is 212 g/mol. The Kier molecular flexibility index (Phi) is 3.91. The van der Waals surface area contributed by atoms with Crippen LogP contribution in [0.4, 0.5) is 0 Å². The average Bonchev–Trinajstić information content (AvgIpc) is 2.13. The lowest BCUT2D eigenvalue weighted by atomic mass is 9.80. The molecule has 86 valence electrons. The Morgan fingerprint density at radius 2 is 2.20 bits per heavy atom. The molecule has 0 aromatic carbocycles. The smallest absolute Gasteiger partial charge is 0.333 e. The van der Waals surface area contributed by atoms with E-state index in [9.17, 15) is 4.79 Å². The summed E-state index contributed by atoms with van der Waals surface area (Å²) >= 11 is 0. The van der Waals surface area contributed by atoms with Crippen molar-refractivity contribution < 1.29 is 14.3 Å². The zero-order valence-electron chi connectivity index (χ0n) is 9.84. The molecule has 0 aliphatic carbocycles. The summed E-state index contributed by atoms with van der Waals surface area (Å²) in [4.78, 5) is 11.5. The van der Waals surface area contributed by atoms with Crippen molar-refractivity contribution >= 4 is 5.97 Å². The van der Waals surface area contributed by atoms with Gasteiger partial charge in [0.2, 0.25) is 0 Å². The summed E-state index contributed by atoms with van der Waals surface area (Å²) in [5.41, 5.74) is 0.459. The molecule has 1 unspecified atom stereocenters. The van der Waals surface area contributed by atoms with E-state index in [4.69, 9.17) is 9.47 Å². The lowest BCUT2D eigenvalue weighted by Gasteiger charge is -2.43. The molecule has 15 heavy (non-hydrogen) atoms. The molecule has 1 atom stereocenters. The van der Waals surface area contributed by atoms with Gasteiger partial charge in [-0.25, -0.2) is 4.79 Å². The lowest BCUT2D eigenvalue weighted by Crippen LogP contribution is -2.50. The van der Waals surface area contributed by atoms with Gasteiger partial charge in [0.1, 0.15) is 6.10 Å². The van der Waals surface area contributed by atoms with Crippen LogP contribution in [0.2, 0.25) is 0 Å².